The van der Waals surface area contributed by atoms with Crippen LogP contribution in [0.3, 0.4) is 0 Å². The monoisotopic (exact) mass is 216 g/mol. The number of nitrogens with zero attached hydrogens (tertiary/aromatic N) is 1. The maximum Gasteiger partial charge on any atom is 0.169 e. The first-order valence-electron chi connectivity index (χ1n) is 5.67. The molecule has 0 unspecified atom stereocenters. The van der Waals surface area contributed by atoms with Crippen LogP contribution >= 0.6 is 12.2 Å². The number of nitrogens with one attached hydrogen (secondary N) is 1. The first-order valence-corrected chi connectivity index (χ1v) is 6.08. The standard InChI is InChI=1S/C11H24N2S/c1-5-7-8-9-13(10(3)4)11(14)12-6-2/h10H,5-9H2,1-4H3,(H,12,14). The minimum atomic E-state index is 0.499. The van der Waals surface area contributed by atoms with Crippen molar-refractivity contribution in [1.82, 2.24) is 10.2 Å². The first-order chi connectivity index (χ1) is 6.63. The molecule has 0 aliphatic heterocycles. The first kappa shape index (κ1) is 13.7. The Morgan fingerprint density at radius 1 is 1.29 bits per heavy atom. The van der Waals surface area contributed by atoms with Gasteiger partial charge in [0.05, 0.1) is 0 Å². The summed E-state index contributed by atoms with van der Waals surface area (Å²) >= 11 is 5.32. The fraction of sp³-hybridized carbons (Fsp3) is 0.909. The average molecular weight is 216 g/mol. The van der Waals surface area contributed by atoms with E-state index in [2.05, 4.69) is 37.9 Å². The summed E-state index contributed by atoms with van der Waals surface area (Å²) in [5.41, 5.74) is 0. The molecule has 0 aromatic heterocycles. The molecule has 84 valence electrons. The Morgan fingerprint density at radius 3 is 2.36 bits per heavy atom. The van der Waals surface area contributed by atoms with Crippen molar-refractivity contribution < 1.29 is 0 Å². The van der Waals surface area contributed by atoms with Gasteiger partial charge < -0.3 is 10.2 Å². The molecule has 0 spiro atoms. The zero-order valence-electron chi connectivity index (χ0n) is 9.97. The molecule has 14 heavy (non-hydrogen) atoms. The number of unbranched alkanes of at least 4 members (excludes halogenated alkanes) is 2. The van der Waals surface area contributed by atoms with Crippen LogP contribution in [0, 0.1) is 0 Å². The Hall–Kier alpha value is -0.310. The molecule has 0 aromatic rings. The van der Waals surface area contributed by atoms with E-state index >= 15 is 0 Å². The molecule has 0 aliphatic carbocycles. The maximum absolute atomic E-state index is 5.32. The van der Waals surface area contributed by atoms with Gasteiger partial charge in [0.1, 0.15) is 0 Å². The summed E-state index contributed by atoms with van der Waals surface area (Å²) < 4.78 is 0. The summed E-state index contributed by atoms with van der Waals surface area (Å²) in [5, 5.41) is 4.11. The number of rotatable bonds is 6. The predicted octanol–water partition coefficient (Wildman–Crippen LogP) is 2.78. The van der Waals surface area contributed by atoms with Crippen LogP contribution in [0.5, 0.6) is 0 Å². The van der Waals surface area contributed by atoms with Crippen molar-refractivity contribution >= 4 is 17.3 Å². The van der Waals surface area contributed by atoms with Crippen molar-refractivity contribution in [3.05, 3.63) is 0 Å². The molecule has 0 bridgehead atoms. The summed E-state index contributed by atoms with van der Waals surface area (Å²) in [6.45, 7) is 10.7. The van der Waals surface area contributed by atoms with Crippen molar-refractivity contribution in [2.24, 2.45) is 0 Å². The highest BCUT2D eigenvalue weighted by Gasteiger charge is 2.11. The molecule has 0 radical (unpaired) electrons. The Bertz CT molecular complexity index is 157. The van der Waals surface area contributed by atoms with Gasteiger partial charge in [0.2, 0.25) is 0 Å². The van der Waals surface area contributed by atoms with Gasteiger partial charge in [-0.15, -0.1) is 0 Å². The smallest absolute Gasteiger partial charge is 0.169 e. The van der Waals surface area contributed by atoms with Gasteiger partial charge in [-0.3, -0.25) is 0 Å². The Morgan fingerprint density at radius 2 is 1.93 bits per heavy atom. The second kappa shape index (κ2) is 8.04. The molecule has 0 atom stereocenters. The summed E-state index contributed by atoms with van der Waals surface area (Å²) in [5.74, 6) is 0. The fourth-order valence-corrected chi connectivity index (χ4v) is 1.83. The van der Waals surface area contributed by atoms with Gasteiger partial charge in [-0.25, -0.2) is 0 Å². The maximum atomic E-state index is 5.32. The van der Waals surface area contributed by atoms with Crippen LogP contribution in [0.1, 0.15) is 47.0 Å². The van der Waals surface area contributed by atoms with E-state index in [9.17, 15) is 0 Å². The lowest BCUT2D eigenvalue weighted by molar-refractivity contribution is 0.336. The van der Waals surface area contributed by atoms with Gasteiger partial charge in [-0.1, -0.05) is 19.8 Å². The van der Waals surface area contributed by atoms with E-state index in [1.807, 2.05) is 0 Å². The molecule has 2 nitrogen and oxygen atoms in total. The number of hydrogen-bond acceptors (Lipinski definition) is 1. The van der Waals surface area contributed by atoms with Crippen molar-refractivity contribution in [2.45, 2.75) is 53.0 Å². The van der Waals surface area contributed by atoms with Gasteiger partial charge in [-0.2, -0.15) is 0 Å². The molecular weight excluding hydrogens is 192 g/mol. The number of hydrogen-bond donors (Lipinski definition) is 1. The van der Waals surface area contributed by atoms with Crippen LogP contribution in [-0.4, -0.2) is 29.1 Å². The van der Waals surface area contributed by atoms with Crippen LogP contribution in [0.25, 0.3) is 0 Å². The Labute approximate surface area is 94.1 Å². The molecule has 0 heterocycles. The van der Waals surface area contributed by atoms with Crippen LogP contribution in [0.15, 0.2) is 0 Å². The second-order valence-corrected chi connectivity index (χ2v) is 4.22. The Balaban J connectivity index is 3.95. The zero-order valence-corrected chi connectivity index (χ0v) is 10.8. The third-order valence-electron chi connectivity index (χ3n) is 2.21. The highest BCUT2D eigenvalue weighted by molar-refractivity contribution is 7.80. The molecule has 0 saturated heterocycles. The zero-order chi connectivity index (χ0) is 11.0. The van der Waals surface area contributed by atoms with E-state index in [0.29, 0.717) is 6.04 Å². The van der Waals surface area contributed by atoms with Crippen molar-refractivity contribution in [1.29, 1.82) is 0 Å². The topological polar surface area (TPSA) is 15.3 Å². The van der Waals surface area contributed by atoms with Crippen molar-refractivity contribution in [2.75, 3.05) is 13.1 Å². The van der Waals surface area contributed by atoms with E-state index in [1.165, 1.54) is 19.3 Å². The minimum absolute atomic E-state index is 0.499. The average Bonchev–Trinajstić information content (AvgIpc) is 2.12. The third kappa shape index (κ3) is 5.43. The van der Waals surface area contributed by atoms with Crippen LogP contribution in [-0.2, 0) is 0 Å². The lowest BCUT2D eigenvalue weighted by Crippen LogP contribution is -2.44. The van der Waals surface area contributed by atoms with Gasteiger partial charge in [0.25, 0.3) is 0 Å². The normalized spacial score (nSPS) is 10.4. The van der Waals surface area contributed by atoms with E-state index in [0.717, 1.165) is 18.2 Å². The summed E-state index contributed by atoms with van der Waals surface area (Å²) in [4.78, 5) is 2.27. The molecule has 3 heteroatoms. The van der Waals surface area contributed by atoms with Gasteiger partial charge in [-0.05, 0) is 39.4 Å². The molecule has 0 fully saturated rings. The Kier molecular flexibility index (Phi) is 7.86. The van der Waals surface area contributed by atoms with Crippen molar-refractivity contribution in [3.8, 4) is 0 Å². The molecule has 0 saturated carbocycles. The van der Waals surface area contributed by atoms with Crippen molar-refractivity contribution in [3.63, 3.8) is 0 Å². The lowest BCUT2D eigenvalue weighted by Gasteiger charge is -2.29. The lowest BCUT2D eigenvalue weighted by atomic mass is 10.2. The van der Waals surface area contributed by atoms with E-state index in [1.54, 1.807) is 0 Å². The molecular formula is C11H24N2S. The predicted molar refractivity (Wildman–Crippen MR) is 67.6 cm³/mol. The van der Waals surface area contributed by atoms with Gasteiger partial charge in [0, 0.05) is 19.1 Å². The second-order valence-electron chi connectivity index (χ2n) is 3.83. The highest BCUT2D eigenvalue weighted by Crippen LogP contribution is 2.03. The largest absolute Gasteiger partial charge is 0.363 e. The molecule has 0 amide bonds. The fourth-order valence-electron chi connectivity index (χ4n) is 1.38. The van der Waals surface area contributed by atoms with Gasteiger partial charge in [0.15, 0.2) is 5.11 Å². The molecule has 0 aromatic carbocycles. The van der Waals surface area contributed by atoms with E-state index in [4.69, 9.17) is 12.2 Å². The van der Waals surface area contributed by atoms with Gasteiger partial charge >= 0.3 is 0 Å². The van der Waals surface area contributed by atoms with Crippen LogP contribution in [0.2, 0.25) is 0 Å². The summed E-state index contributed by atoms with van der Waals surface area (Å²) in [7, 11) is 0. The minimum Gasteiger partial charge on any atom is -0.363 e. The highest BCUT2D eigenvalue weighted by atomic mass is 32.1. The van der Waals surface area contributed by atoms with E-state index < -0.39 is 0 Å². The van der Waals surface area contributed by atoms with E-state index in [-0.39, 0.29) is 0 Å². The summed E-state index contributed by atoms with van der Waals surface area (Å²) in [6.07, 6.45) is 3.79. The molecule has 0 aliphatic rings. The SMILES string of the molecule is CCCCCN(C(=S)NCC)C(C)C. The number of thiocarbonyl (C=S) groups is 1. The molecule has 1 N–H and O–H groups in total. The van der Waals surface area contributed by atoms with Crippen LogP contribution in [0.4, 0.5) is 0 Å². The summed E-state index contributed by atoms with van der Waals surface area (Å²) in [6, 6.07) is 0.499. The molecule has 0 rings (SSSR count). The van der Waals surface area contributed by atoms with Crippen LogP contribution < -0.4 is 5.32 Å². The quantitative estimate of drug-likeness (QED) is 0.543. The third-order valence-corrected chi connectivity index (χ3v) is 2.59.